The summed E-state index contributed by atoms with van der Waals surface area (Å²) in [6, 6.07) is 7.54. The molecule has 0 bridgehead atoms. The van der Waals surface area contributed by atoms with Crippen LogP contribution in [0.5, 0.6) is 11.5 Å². The summed E-state index contributed by atoms with van der Waals surface area (Å²) in [6.07, 6.45) is 5.12. The van der Waals surface area contributed by atoms with Crippen LogP contribution in [0, 0.1) is 10.1 Å². The van der Waals surface area contributed by atoms with Crippen molar-refractivity contribution in [1.29, 1.82) is 0 Å². The molecule has 1 aromatic heterocycles. The third-order valence-electron chi connectivity index (χ3n) is 3.64. The predicted octanol–water partition coefficient (Wildman–Crippen LogP) is 1.52. The maximum absolute atomic E-state index is 12.4. The number of ether oxygens (including phenoxy) is 2. The van der Waals surface area contributed by atoms with Gasteiger partial charge in [-0.25, -0.2) is 4.98 Å². The quantitative estimate of drug-likeness (QED) is 0.576. The molecule has 1 saturated heterocycles. The molecule has 1 amide bonds. The Bertz CT molecular complexity index is 738. The molecule has 0 spiro atoms. The van der Waals surface area contributed by atoms with E-state index in [1.165, 1.54) is 0 Å². The van der Waals surface area contributed by atoms with Crippen molar-refractivity contribution in [3.8, 4) is 11.5 Å². The van der Waals surface area contributed by atoms with Crippen molar-refractivity contribution in [3.63, 3.8) is 0 Å². The first kappa shape index (κ1) is 20.4. The molecule has 146 valence electrons. The first-order valence-electron chi connectivity index (χ1n) is 7.97. The molecule has 1 unspecified atom stereocenters. The summed E-state index contributed by atoms with van der Waals surface area (Å²) in [7, 11) is 1.62. The second-order valence-corrected chi connectivity index (χ2v) is 6.63. The van der Waals surface area contributed by atoms with Gasteiger partial charge in [0.25, 0.3) is 5.09 Å². The zero-order valence-electron chi connectivity index (χ0n) is 14.6. The van der Waals surface area contributed by atoms with E-state index in [-0.39, 0.29) is 11.3 Å². The van der Waals surface area contributed by atoms with Gasteiger partial charge in [-0.3, -0.25) is 4.79 Å². The normalized spacial score (nSPS) is 15.6. The highest BCUT2D eigenvalue weighted by molar-refractivity contribution is 8.00. The molecule has 0 aliphatic carbocycles. The average Bonchev–Trinajstić information content (AvgIpc) is 3.31. The number of aromatic nitrogens is 2. The van der Waals surface area contributed by atoms with Crippen molar-refractivity contribution >= 4 is 17.7 Å². The van der Waals surface area contributed by atoms with Gasteiger partial charge in [0.2, 0.25) is 5.91 Å². The summed E-state index contributed by atoms with van der Waals surface area (Å²) < 4.78 is 12.9. The molecule has 1 fully saturated rings. The van der Waals surface area contributed by atoms with Crippen LogP contribution in [-0.4, -0.2) is 62.0 Å². The molecule has 27 heavy (non-hydrogen) atoms. The molecule has 1 aliphatic rings. The lowest BCUT2D eigenvalue weighted by atomic mass is 10.3. The highest BCUT2D eigenvalue weighted by atomic mass is 32.2. The van der Waals surface area contributed by atoms with E-state index in [1.54, 1.807) is 42.2 Å². The maximum Gasteiger partial charge on any atom is 0.291 e. The van der Waals surface area contributed by atoms with Crippen molar-refractivity contribution in [3.05, 3.63) is 53.1 Å². The molecule has 10 nitrogen and oxygen atoms in total. The first-order valence-corrected chi connectivity index (χ1v) is 9.02. The number of carbonyl (C=O) groups is 1. The Balaban J connectivity index is 0.000000596. The van der Waals surface area contributed by atoms with Crippen molar-refractivity contribution in [1.82, 2.24) is 14.5 Å². The number of hydrogen-bond donors (Lipinski definition) is 1. The lowest BCUT2D eigenvalue weighted by Gasteiger charge is -2.24. The summed E-state index contributed by atoms with van der Waals surface area (Å²) in [4.78, 5) is 26.6. The summed E-state index contributed by atoms with van der Waals surface area (Å²) in [5, 5.41) is 13.7. The maximum atomic E-state index is 12.4. The number of amides is 1. The van der Waals surface area contributed by atoms with Crippen LogP contribution < -0.4 is 9.47 Å². The minimum atomic E-state index is -1.50. The van der Waals surface area contributed by atoms with Crippen LogP contribution in [0.25, 0.3) is 0 Å². The molecule has 1 atom stereocenters. The largest absolute Gasteiger partial charge is 0.493 e. The van der Waals surface area contributed by atoms with Gasteiger partial charge in [0.05, 0.1) is 13.4 Å². The fraction of sp³-hybridized carbons (Fsp3) is 0.375. The number of thioether (sulfide) groups is 1. The van der Waals surface area contributed by atoms with Gasteiger partial charge >= 0.3 is 0 Å². The van der Waals surface area contributed by atoms with Gasteiger partial charge in [0, 0.05) is 24.7 Å². The van der Waals surface area contributed by atoms with E-state index in [4.69, 9.17) is 24.8 Å². The van der Waals surface area contributed by atoms with E-state index in [0.717, 1.165) is 12.3 Å². The van der Waals surface area contributed by atoms with Crippen molar-refractivity contribution in [2.24, 2.45) is 0 Å². The molecule has 2 heterocycles. The standard InChI is InChI=1S/C16H19N3O3S.HNO3/c1-21-13-4-2-3-5-14(13)22-11-16-19(8-9-23-16)15(20)10-18-7-6-17-12-18;2-1(3)4/h2-7,12,16H,8-11H2,1H3;(H,2,3,4). The predicted molar refractivity (Wildman–Crippen MR) is 97.5 cm³/mol. The van der Waals surface area contributed by atoms with Crippen LogP contribution >= 0.6 is 11.8 Å². The number of nitrogens with zero attached hydrogens (tertiary/aromatic N) is 4. The Kier molecular flexibility index (Phi) is 7.74. The van der Waals surface area contributed by atoms with Gasteiger partial charge in [-0.05, 0) is 12.1 Å². The van der Waals surface area contributed by atoms with Crippen LogP contribution in [0.2, 0.25) is 0 Å². The van der Waals surface area contributed by atoms with Crippen molar-refractivity contribution < 1.29 is 24.6 Å². The third-order valence-corrected chi connectivity index (χ3v) is 4.83. The monoisotopic (exact) mass is 396 g/mol. The van der Waals surface area contributed by atoms with E-state index in [2.05, 4.69) is 4.98 Å². The van der Waals surface area contributed by atoms with Gasteiger partial charge in [-0.15, -0.1) is 21.9 Å². The van der Waals surface area contributed by atoms with E-state index in [9.17, 15) is 4.79 Å². The van der Waals surface area contributed by atoms with Gasteiger partial charge in [-0.1, -0.05) is 12.1 Å². The van der Waals surface area contributed by atoms with Gasteiger partial charge in [0.15, 0.2) is 11.5 Å². The molecule has 3 rings (SSSR count). The van der Waals surface area contributed by atoms with E-state index >= 15 is 0 Å². The number of carbonyl (C=O) groups excluding carboxylic acids is 1. The summed E-state index contributed by atoms with van der Waals surface area (Å²) in [5.74, 6) is 2.41. The van der Waals surface area contributed by atoms with Gasteiger partial charge in [-0.2, -0.15) is 0 Å². The molecule has 0 saturated carbocycles. The van der Waals surface area contributed by atoms with Crippen LogP contribution in [0.4, 0.5) is 0 Å². The molecule has 1 aliphatic heterocycles. The Morgan fingerprint density at radius 2 is 2.15 bits per heavy atom. The number of rotatable bonds is 6. The second kappa shape index (κ2) is 10.3. The fourth-order valence-corrected chi connectivity index (χ4v) is 3.61. The average molecular weight is 396 g/mol. The van der Waals surface area contributed by atoms with Crippen molar-refractivity contribution in [2.45, 2.75) is 11.9 Å². The van der Waals surface area contributed by atoms with Gasteiger partial charge < -0.3 is 24.1 Å². The molecule has 11 heteroatoms. The van der Waals surface area contributed by atoms with E-state index in [1.807, 2.05) is 29.2 Å². The SMILES string of the molecule is COc1ccccc1OCC1SCCN1C(=O)Cn1ccnc1.O=[N+]([O-])O. The minimum absolute atomic E-state index is 0.0240. The topological polar surface area (TPSA) is 120 Å². The number of imidazole rings is 1. The second-order valence-electron chi connectivity index (χ2n) is 5.35. The molecule has 1 N–H and O–H groups in total. The van der Waals surface area contributed by atoms with Crippen molar-refractivity contribution in [2.75, 3.05) is 26.0 Å². The highest BCUT2D eigenvalue weighted by Gasteiger charge is 2.30. The molecule has 1 aromatic carbocycles. The van der Waals surface area contributed by atoms with Crippen LogP contribution in [-0.2, 0) is 11.3 Å². The number of hydrogen-bond acceptors (Lipinski definition) is 7. The van der Waals surface area contributed by atoms with Crippen LogP contribution in [0.1, 0.15) is 0 Å². The zero-order chi connectivity index (χ0) is 19.6. The van der Waals surface area contributed by atoms with E-state index < -0.39 is 5.09 Å². The summed E-state index contributed by atoms with van der Waals surface area (Å²) in [5.41, 5.74) is 0. The zero-order valence-corrected chi connectivity index (χ0v) is 15.4. The molecular formula is C16H20N4O6S. The Hall–Kier alpha value is -2.95. The first-order chi connectivity index (χ1) is 13.0. The minimum Gasteiger partial charge on any atom is -0.493 e. The Labute approximate surface area is 159 Å². The fourth-order valence-electron chi connectivity index (χ4n) is 2.47. The smallest absolute Gasteiger partial charge is 0.291 e. The summed E-state index contributed by atoms with van der Waals surface area (Å²) in [6.45, 7) is 1.50. The summed E-state index contributed by atoms with van der Waals surface area (Å²) >= 11 is 1.74. The number of benzene rings is 1. The highest BCUT2D eigenvalue weighted by Crippen LogP contribution is 2.29. The molecule has 2 aromatic rings. The van der Waals surface area contributed by atoms with E-state index in [0.29, 0.717) is 24.7 Å². The van der Waals surface area contributed by atoms with Crippen LogP contribution in [0.3, 0.4) is 0 Å². The number of methoxy groups -OCH3 is 1. The lowest BCUT2D eigenvalue weighted by Crippen LogP contribution is -2.39. The molecule has 0 radical (unpaired) electrons. The lowest BCUT2D eigenvalue weighted by molar-refractivity contribution is -0.742. The third kappa shape index (κ3) is 6.37. The Morgan fingerprint density at radius 1 is 1.44 bits per heavy atom. The van der Waals surface area contributed by atoms with Gasteiger partial charge in [0.1, 0.15) is 18.5 Å². The number of para-hydroxylation sites is 2. The van der Waals surface area contributed by atoms with Crippen LogP contribution in [0.15, 0.2) is 43.0 Å². The molecular weight excluding hydrogens is 376 g/mol. The Morgan fingerprint density at radius 3 is 2.78 bits per heavy atom.